The highest BCUT2D eigenvalue weighted by molar-refractivity contribution is 9.10. The summed E-state index contributed by atoms with van der Waals surface area (Å²) in [5, 5.41) is 15.6. The van der Waals surface area contributed by atoms with Crippen LogP contribution in [-0.4, -0.2) is 26.8 Å². The van der Waals surface area contributed by atoms with Gasteiger partial charge >= 0.3 is 5.97 Å². The Morgan fingerprint density at radius 1 is 1.43 bits per heavy atom. The molecule has 6 nitrogen and oxygen atoms in total. The highest BCUT2D eigenvalue weighted by Crippen LogP contribution is 2.21. The Morgan fingerprint density at radius 3 is 2.81 bits per heavy atom. The van der Waals surface area contributed by atoms with Crippen LogP contribution in [0.1, 0.15) is 15.9 Å². The van der Waals surface area contributed by atoms with Gasteiger partial charge in [0, 0.05) is 29.4 Å². The van der Waals surface area contributed by atoms with E-state index in [1.807, 2.05) is 0 Å². The monoisotopic (exact) mass is 349 g/mol. The fraction of sp³-hybridized carbons (Fsp3) is 0.0714. The van der Waals surface area contributed by atoms with Crippen LogP contribution in [0.3, 0.4) is 0 Å². The Labute approximate surface area is 129 Å². The number of carboxylic acid groups (broad SMARTS) is 1. The summed E-state index contributed by atoms with van der Waals surface area (Å²) in [6, 6.07) is 4.57. The molecule has 0 saturated carbocycles. The summed E-state index contributed by atoms with van der Waals surface area (Å²) in [4.78, 5) is 22.9. The maximum atomic E-state index is 11.8. The van der Waals surface area contributed by atoms with Gasteiger partial charge in [-0.3, -0.25) is 9.48 Å². The largest absolute Gasteiger partial charge is 0.478 e. The fourth-order valence-electron chi connectivity index (χ4n) is 1.68. The van der Waals surface area contributed by atoms with Crippen molar-refractivity contribution in [2.45, 2.75) is 0 Å². The number of anilines is 1. The number of benzene rings is 1. The quantitative estimate of drug-likeness (QED) is 0.830. The first kappa shape index (κ1) is 15.0. The van der Waals surface area contributed by atoms with E-state index in [1.165, 1.54) is 12.1 Å². The number of rotatable bonds is 4. The van der Waals surface area contributed by atoms with Crippen molar-refractivity contribution in [1.82, 2.24) is 9.78 Å². The molecular weight excluding hydrogens is 338 g/mol. The number of aryl methyl sites for hydroxylation is 1. The minimum Gasteiger partial charge on any atom is -0.478 e. The Bertz CT molecular complexity index is 722. The Hall–Kier alpha value is -2.41. The van der Waals surface area contributed by atoms with Gasteiger partial charge in [0.1, 0.15) is 0 Å². The number of nitrogens with one attached hydrogen (secondary N) is 1. The third kappa shape index (κ3) is 4.03. The van der Waals surface area contributed by atoms with Crippen molar-refractivity contribution >= 4 is 39.6 Å². The van der Waals surface area contributed by atoms with Gasteiger partial charge in [-0.15, -0.1) is 0 Å². The topological polar surface area (TPSA) is 84.2 Å². The molecule has 0 spiro atoms. The van der Waals surface area contributed by atoms with Gasteiger partial charge in [-0.05, 0) is 24.3 Å². The first-order valence-corrected chi connectivity index (χ1v) is 6.75. The van der Waals surface area contributed by atoms with Gasteiger partial charge in [0.15, 0.2) is 0 Å². The number of hydrogen-bond acceptors (Lipinski definition) is 3. The molecule has 1 amide bonds. The minimum absolute atomic E-state index is 0.0290. The van der Waals surface area contributed by atoms with Crippen molar-refractivity contribution in [3.05, 3.63) is 52.3 Å². The van der Waals surface area contributed by atoms with E-state index >= 15 is 0 Å². The summed E-state index contributed by atoms with van der Waals surface area (Å²) in [6.45, 7) is 0. The Morgan fingerprint density at radius 2 is 2.19 bits per heavy atom. The number of halogens is 1. The van der Waals surface area contributed by atoms with Crippen LogP contribution in [0.4, 0.5) is 5.69 Å². The molecule has 1 heterocycles. The van der Waals surface area contributed by atoms with E-state index in [9.17, 15) is 9.59 Å². The van der Waals surface area contributed by atoms with Crippen molar-refractivity contribution < 1.29 is 14.7 Å². The van der Waals surface area contributed by atoms with Crippen molar-refractivity contribution in [2.75, 3.05) is 5.32 Å². The zero-order chi connectivity index (χ0) is 15.4. The smallest absolute Gasteiger partial charge is 0.337 e. The van der Waals surface area contributed by atoms with E-state index in [2.05, 4.69) is 26.3 Å². The van der Waals surface area contributed by atoms with Gasteiger partial charge in [-0.25, -0.2) is 4.79 Å². The minimum atomic E-state index is -1.10. The van der Waals surface area contributed by atoms with E-state index < -0.39 is 11.9 Å². The van der Waals surface area contributed by atoms with Crippen molar-refractivity contribution in [2.24, 2.45) is 7.05 Å². The molecule has 2 N–H and O–H groups in total. The van der Waals surface area contributed by atoms with Crippen LogP contribution in [0.15, 0.2) is 41.1 Å². The summed E-state index contributed by atoms with van der Waals surface area (Å²) in [6.07, 6.45) is 6.29. The normalized spacial score (nSPS) is 10.8. The van der Waals surface area contributed by atoms with Crippen LogP contribution < -0.4 is 5.32 Å². The first-order valence-electron chi connectivity index (χ1n) is 5.96. The van der Waals surface area contributed by atoms with Crippen LogP contribution in [0.5, 0.6) is 0 Å². The first-order chi connectivity index (χ1) is 9.95. The van der Waals surface area contributed by atoms with Crippen LogP contribution in [-0.2, 0) is 11.8 Å². The molecule has 108 valence electrons. The number of amides is 1. The van der Waals surface area contributed by atoms with Crippen LogP contribution in [0, 0.1) is 0 Å². The molecule has 0 radical (unpaired) electrons. The molecular formula is C14H12BrN3O3. The van der Waals surface area contributed by atoms with Gasteiger partial charge in [0.05, 0.1) is 17.4 Å². The highest BCUT2D eigenvalue weighted by Gasteiger charge is 2.11. The van der Waals surface area contributed by atoms with E-state index in [1.54, 1.807) is 42.3 Å². The average Bonchev–Trinajstić information content (AvgIpc) is 2.82. The summed E-state index contributed by atoms with van der Waals surface area (Å²) < 4.78 is 2.30. The lowest BCUT2D eigenvalue weighted by atomic mass is 10.2. The van der Waals surface area contributed by atoms with Gasteiger partial charge < -0.3 is 10.4 Å². The second kappa shape index (κ2) is 6.36. The van der Waals surface area contributed by atoms with Gasteiger partial charge in [0.2, 0.25) is 5.91 Å². The van der Waals surface area contributed by atoms with E-state index in [0.29, 0.717) is 4.47 Å². The Balaban J connectivity index is 2.14. The summed E-state index contributed by atoms with van der Waals surface area (Å²) in [5.41, 5.74) is 1.04. The van der Waals surface area contributed by atoms with Crippen LogP contribution in [0.2, 0.25) is 0 Å². The second-order valence-electron chi connectivity index (χ2n) is 4.26. The van der Waals surface area contributed by atoms with Gasteiger partial charge in [-0.2, -0.15) is 5.10 Å². The number of aromatic carboxylic acids is 1. The molecule has 0 aliphatic heterocycles. The molecule has 0 fully saturated rings. The van der Waals surface area contributed by atoms with Crippen molar-refractivity contribution in [3.8, 4) is 0 Å². The maximum absolute atomic E-state index is 11.8. The van der Waals surface area contributed by atoms with Crippen LogP contribution >= 0.6 is 15.9 Å². The molecule has 0 aliphatic rings. The van der Waals surface area contributed by atoms with E-state index in [-0.39, 0.29) is 11.3 Å². The van der Waals surface area contributed by atoms with Gasteiger partial charge in [0.25, 0.3) is 0 Å². The third-order valence-electron chi connectivity index (χ3n) is 2.62. The van der Waals surface area contributed by atoms with Crippen molar-refractivity contribution in [3.63, 3.8) is 0 Å². The molecule has 21 heavy (non-hydrogen) atoms. The Kier molecular flexibility index (Phi) is 4.54. The molecule has 0 unspecified atom stereocenters. The molecule has 2 aromatic rings. The van der Waals surface area contributed by atoms with E-state index in [4.69, 9.17) is 5.11 Å². The number of carbonyl (C=O) groups is 2. The molecule has 2 rings (SSSR count). The highest BCUT2D eigenvalue weighted by atomic mass is 79.9. The average molecular weight is 350 g/mol. The molecule has 0 atom stereocenters. The number of aromatic nitrogens is 2. The maximum Gasteiger partial charge on any atom is 0.337 e. The lowest BCUT2D eigenvalue weighted by molar-refractivity contribution is -0.111. The zero-order valence-corrected chi connectivity index (χ0v) is 12.7. The molecule has 7 heteroatoms. The predicted octanol–water partition coefficient (Wildman–Crippen LogP) is 2.53. The molecule has 0 saturated heterocycles. The summed E-state index contributed by atoms with van der Waals surface area (Å²) >= 11 is 3.24. The molecule has 1 aromatic heterocycles. The SMILES string of the molecule is Cn1cc(/C=C/C(=O)Nc2cc(Br)ccc2C(=O)O)cn1. The number of hydrogen-bond donors (Lipinski definition) is 2. The molecule has 1 aromatic carbocycles. The summed E-state index contributed by atoms with van der Waals surface area (Å²) in [7, 11) is 1.78. The lowest BCUT2D eigenvalue weighted by Crippen LogP contribution is -2.12. The number of carboxylic acids is 1. The number of carbonyl (C=O) groups excluding carboxylic acids is 1. The van der Waals surface area contributed by atoms with E-state index in [0.717, 1.165) is 5.56 Å². The molecule has 0 aliphatic carbocycles. The predicted molar refractivity (Wildman–Crippen MR) is 82.0 cm³/mol. The van der Waals surface area contributed by atoms with Gasteiger partial charge in [-0.1, -0.05) is 15.9 Å². The summed E-state index contributed by atoms with van der Waals surface area (Å²) in [5.74, 6) is -1.52. The number of nitrogens with zero attached hydrogens (tertiary/aromatic N) is 2. The lowest BCUT2D eigenvalue weighted by Gasteiger charge is -2.07. The zero-order valence-electron chi connectivity index (χ0n) is 11.1. The standard InChI is InChI=1S/C14H12BrN3O3/c1-18-8-9(7-16-18)2-5-13(19)17-12-6-10(15)3-4-11(12)14(20)21/h2-8H,1H3,(H,17,19)(H,20,21)/b5-2+. The van der Waals surface area contributed by atoms with Crippen molar-refractivity contribution in [1.29, 1.82) is 0 Å². The van der Waals surface area contributed by atoms with Crippen LogP contribution in [0.25, 0.3) is 6.08 Å². The third-order valence-corrected chi connectivity index (χ3v) is 3.12. The second-order valence-corrected chi connectivity index (χ2v) is 5.18. The molecule has 0 bridgehead atoms. The fourth-order valence-corrected chi connectivity index (χ4v) is 2.04.